The maximum atomic E-state index is 13.2. The van der Waals surface area contributed by atoms with E-state index in [-0.39, 0.29) is 11.9 Å². The molecule has 0 amide bonds. The summed E-state index contributed by atoms with van der Waals surface area (Å²) >= 11 is 5.18. The normalized spacial score (nSPS) is 12.7. The lowest BCUT2D eigenvalue weighted by atomic mass is 10.0. The summed E-state index contributed by atoms with van der Waals surface area (Å²) in [5, 5.41) is 5.59. The summed E-state index contributed by atoms with van der Waals surface area (Å²) in [6, 6.07) is 7.13. The third-order valence-corrected chi connectivity index (χ3v) is 4.33. The van der Waals surface area contributed by atoms with Gasteiger partial charge in [-0.25, -0.2) is 4.39 Å². The van der Waals surface area contributed by atoms with Crippen molar-refractivity contribution < 1.29 is 4.39 Å². The van der Waals surface area contributed by atoms with Gasteiger partial charge in [0.2, 0.25) is 0 Å². The Labute approximate surface area is 119 Å². The number of hydrogen-bond acceptors (Lipinski definition) is 2. The lowest BCUT2D eigenvalue weighted by molar-refractivity contribution is 0.611. The molecule has 1 N–H and O–H groups in total. The molecule has 0 aliphatic carbocycles. The van der Waals surface area contributed by atoms with E-state index in [9.17, 15) is 4.39 Å². The lowest BCUT2D eigenvalue weighted by Crippen LogP contribution is -2.21. The van der Waals surface area contributed by atoms with E-state index in [4.69, 9.17) is 0 Å². The molecule has 2 aromatic rings. The molecule has 1 atom stereocenters. The highest BCUT2D eigenvalue weighted by Crippen LogP contribution is 2.31. The molecule has 0 aliphatic rings. The molecule has 0 aliphatic heterocycles. The summed E-state index contributed by atoms with van der Waals surface area (Å²) in [5.74, 6) is -0.220. The van der Waals surface area contributed by atoms with Gasteiger partial charge in [0.15, 0.2) is 0 Å². The van der Waals surface area contributed by atoms with Crippen LogP contribution in [0.15, 0.2) is 34.1 Å². The number of rotatable bonds is 4. The highest BCUT2D eigenvalue weighted by Gasteiger charge is 2.17. The molecular formula is C14H15BrFNS. The molecule has 0 bridgehead atoms. The number of hydrogen-bond donors (Lipinski definition) is 1. The Bertz CT molecular complexity index is 538. The first-order valence-corrected chi connectivity index (χ1v) is 7.52. The summed E-state index contributed by atoms with van der Waals surface area (Å²) in [5.41, 5.74) is 2.29. The quantitative estimate of drug-likeness (QED) is 0.861. The summed E-state index contributed by atoms with van der Waals surface area (Å²) in [6.45, 7) is 5.03. The Kier molecular flexibility index (Phi) is 4.54. The fraction of sp³-hybridized carbons (Fsp3) is 0.286. The largest absolute Gasteiger partial charge is 0.306 e. The third kappa shape index (κ3) is 2.99. The number of aryl methyl sites for hydroxylation is 1. The van der Waals surface area contributed by atoms with Gasteiger partial charge in [-0.05, 0) is 48.2 Å². The van der Waals surface area contributed by atoms with Gasteiger partial charge in [-0.2, -0.15) is 0 Å². The third-order valence-electron chi connectivity index (χ3n) is 2.77. The Morgan fingerprint density at radius 2 is 2.17 bits per heavy atom. The van der Waals surface area contributed by atoms with E-state index in [1.54, 1.807) is 11.3 Å². The average Bonchev–Trinajstić information content (AvgIpc) is 2.73. The topological polar surface area (TPSA) is 12.0 Å². The number of thiophene rings is 1. The van der Waals surface area contributed by atoms with E-state index in [1.165, 1.54) is 22.6 Å². The summed E-state index contributed by atoms with van der Waals surface area (Å²) in [7, 11) is 0. The van der Waals surface area contributed by atoms with Gasteiger partial charge in [-0.15, -0.1) is 11.3 Å². The molecule has 1 heterocycles. The standard InChI is InChI=1S/C14H15BrFNS/c1-3-17-14(10-6-9(2)18-8-10)12-5-4-11(16)7-13(12)15/h4-8,14,17H,3H2,1-2H3. The minimum Gasteiger partial charge on any atom is -0.306 e. The van der Waals surface area contributed by atoms with Crippen molar-refractivity contribution >= 4 is 27.3 Å². The van der Waals surface area contributed by atoms with Crippen molar-refractivity contribution in [2.45, 2.75) is 19.9 Å². The Morgan fingerprint density at radius 3 is 2.72 bits per heavy atom. The van der Waals surface area contributed by atoms with E-state index in [0.29, 0.717) is 0 Å². The van der Waals surface area contributed by atoms with Crippen molar-refractivity contribution in [1.82, 2.24) is 5.32 Å². The monoisotopic (exact) mass is 327 g/mol. The van der Waals surface area contributed by atoms with E-state index in [0.717, 1.165) is 16.6 Å². The zero-order valence-corrected chi connectivity index (χ0v) is 12.7. The van der Waals surface area contributed by atoms with Crippen molar-refractivity contribution in [2.24, 2.45) is 0 Å². The van der Waals surface area contributed by atoms with E-state index >= 15 is 0 Å². The van der Waals surface area contributed by atoms with Gasteiger partial charge in [-0.3, -0.25) is 0 Å². The summed E-state index contributed by atoms with van der Waals surface area (Å²) < 4.78 is 14.0. The fourth-order valence-electron chi connectivity index (χ4n) is 1.96. The van der Waals surface area contributed by atoms with Crippen molar-refractivity contribution in [1.29, 1.82) is 0 Å². The Balaban J connectivity index is 2.41. The predicted octanol–water partition coefficient (Wildman–Crippen LogP) is 4.66. The molecule has 0 saturated heterocycles. The van der Waals surface area contributed by atoms with Crippen LogP contribution in [0.5, 0.6) is 0 Å². The predicted molar refractivity (Wildman–Crippen MR) is 78.7 cm³/mol. The zero-order valence-electron chi connectivity index (χ0n) is 10.3. The van der Waals surface area contributed by atoms with Gasteiger partial charge >= 0.3 is 0 Å². The number of benzene rings is 1. The minimum absolute atomic E-state index is 0.106. The summed E-state index contributed by atoms with van der Waals surface area (Å²) in [6.07, 6.45) is 0. The van der Waals surface area contributed by atoms with Crippen LogP contribution in [0.1, 0.15) is 29.0 Å². The van der Waals surface area contributed by atoms with Gasteiger partial charge in [0.1, 0.15) is 5.82 Å². The molecule has 0 radical (unpaired) electrons. The molecule has 1 aromatic carbocycles. The fourth-order valence-corrected chi connectivity index (χ4v) is 3.27. The second-order valence-corrected chi connectivity index (χ2v) is 6.12. The second kappa shape index (κ2) is 5.95. The maximum absolute atomic E-state index is 13.2. The average molecular weight is 328 g/mol. The Hall–Kier alpha value is -0.710. The van der Waals surface area contributed by atoms with Crippen LogP contribution in [0.4, 0.5) is 4.39 Å². The highest BCUT2D eigenvalue weighted by atomic mass is 79.9. The van der Waals surface area contributed by atoms with Crippen LogP contribution in [-0.2, 0) is 0 Å². The van der Waals surface area contributed by atoms with E-state index in [2.05, 4.69) is 46.5 Å². The van der Waals surface area contributed by atoms with Gasteiger partial charge in [0, 0.05) is 9.35 Å². The van der Waals surface area contributed by atoms with Gasteiger partial charge < -0.3 is 5.32 Å². The van der Waals surface area contributed by atoms with Gasteiger partial charge in [0.25, 0.3) is 0 Å². The number of nitrogens with one attached hydrogen (secondary N) is 1. The molecule has 2 rings (SSSR count). The van der Waals surface area contributed by atoms with E-state index in [1.807, 2.05) is 6.07 Å². The van der Waals surface area contributed by atoms with Gasteiger partial charge in [0.05, 0.1) is 6.04 Å². The Morgan fingerprint density at radius 1 is 1.39 bits per heavy atom. The van der Waals surface area contributed by atoms with Crippen LogP contribution in [0.3, 0.4) is 0 Å². The van der Waals surface area contributed by atoms with Crippen molar-refractivity contribution in [3.05, 3.63) is 55.9 Å². The van der Waals surface area contributed by atoms with Crippen LogP contribution in [0.25, 0.3) is 0 Å². The first-order valence-electron chi connectivity index (χ1n) is 5.85. The zero-order chi connectivity index (χ0) is 13.1. The van der Waals surface area contributed by atoms with Crippen LogP contribution in [-0.4, -0.2) is 6.54 Å². The first kappa shape index (κ1) is 13.7. The number of halogens is 2. The lowest BCUT2D eigenvalue weighted by Gasteiger charge is -2.19. The molecule has 1 aromatic heterocycles. The first-order chi connectivity index (χ1) is 8.61. The van der Waals surface area contributed by atoms with Crippen LogP contribution >= 0.6 is 27.3 Å². The van der Waals surface area contributed by atoms with Crippen molar-refractivity contribution in [3.8, 4) is 0 Å². The molecule has 0 spiro atoms. The van der Waals surface area contributed by atoms with Crippen LogP contribution < -0.4 is 5.32 Å². The summed E-state index contributed by atoms with van der Waals surface area (Å²) in [4.78, 5) is 1.28. The molecule has 1 nitrogen and oxygen atoms in total. The molecular weight excluding hydrogens is 313 g/mol. The highest BCUT2D eigenvalue weighted by molar-refractivity contribution is 9.10. The smallest absolute Gasteiger partial charge is 0.124 e. The second-order valence-electron chi connectivity index (χ2n) is 4.15. The van der Waals surface area contributed by atoms with Crippen LogP contribution in [0, 0.1) is 12.7 Å². The SMILES string of the molecule is CCNC(c1csc(C)c1)c1ccc(F)cc1Br. The molecule has 4 heteroatoms. The van der Waals surface area contributed by atoms with Crippen LogP contribution in [0.2, 0.25) is 0 Å². The maximum Gasteiger partial charge on any atom is 0.124 e. The molecule has 18 heavy (non-hydrogen) atoms. The molecule has 1 unspecified atom stereocenters. The molecule has 0 fully saturated rings. The van der Waals surface area contributed by atoms with Crippen molar-refractivity contribution in [3.63, 3.8) is 0 Å². The van der Waals surface area contributed by atoms with Gasteiger partial charge in [-0.1, -0.05) is 28.9 Å². The van der Waals surface area contributed by atoms with E-state index < -0.39 is 0 Å². The molecule has 96 valence electrons. The molecule has 0 saturated carbocycles. The van der Waals surface area contributed by atoms with Crippen molar-refractivity contribution in [2.75, 3.05) is 6.54 Å². The minimum atomic E-state index is -0.220.